The average Bonchev–Trinajstić information content (AvgIpc) is 2.09. The fraction of sp³-hybridized carbons (Fsp3) is 0.333. The zero-order valence-electron chi connectivity index (χ0n) is 7.20. The van der Waals surface area contributed by atoms with Crippen LogP contribution in [0.4, 0.5) is 10.1 Å². The van der Waals surface area contributed by atoms with E-state index in [0.29, 0.717) is 28.7 Å². The van der Waals surface area contributed by atoms with E-state index >= 15 is 0 Å². The predicted molar refractivity (Wildman–Crippen MR) is 55.4 cm³/mol. The molecular weight excluding hydrogens is 212 g/mol. The zero-order chi connectivity index (χ0) is 9.84. The van der Waals surface area contributed by atoms with E-state index < -0.39 is 0 Å². The summed E-state index contributed by atoms with van der Waals surface area (Å²) in [6.45, 7) is 2.25. The maximum atomic E-state index is 13.1. The number of aryl methyl sites for hydroxylation is 1. The molecule has 0 aliphatic rings. The lowest BCUT2D eigenvalue weighted by molar-refractivity contribution is 0.619. The third kappa shape index (κ3) is 2.75. The van der Waals surface area contributed by atoms with E-state index in [1.54, 1.807) is 13.0 Å². The van der Waals surface area contributed by atoms with Gasteiger partial charge in [-0.2, -0.15) is 0 Å². The smallest absolute Gasteiger partial charge is 0.128 e. The van der Waals surface area contributed by atoms with Gasteiger partial charge in [0.1, 0.15) is 5.82 Å². The fourth-order valence-corrected chi connectivity index (χ4v) is 1.34. The number of nitrogens with one attached hydrogen (secondary N) is 1. The van der Waals surface area contributed by atoms with E-state index in [9.17, 15) is 4.39 Å². The van der Waals surface area contributed by atoms with Crippen LogP contribution < -0.4 is 5.32 Å². The average molecular weight is 222 g/mol. The van der Waals surface area contributed by atoms with Crippen molar-refractivity contribution in [3.8, 4) is 0 Å². The van der Waals surface area contributed by atoms with E-state index in [0.717, 1.165) is 0 Å². The molecule has 0 unspecified atom stereocenters. The van der Waals surface area contributed by atoms with Gasteiger partial charge in [0, 0.05) is 12.4 Å². The molecule has 13 heavy (non-hydrogen) atoms. The molecule has 1 aromatic carbocycles. The highest BCUT2D eigenvalue weighted by Gasteiger charge is 2.04. The summed E-state index contributed by atoms with van der Waals surface area (Å²) in [5.74, 6) is 0.202. The second-order valence-corrected chi connectivity index (χ2v) is 3.48. The number of anilines is 1. The Balaban J connectivity index is 2.88. The number of hydrogen-bond acceptors (Lipinski definition) is 1. The van der Waals surface area contributed by atoms with Gasteiger partial charge in [0.15, 0.2) is 0 Å². The maximum Gasteiger partial charge on any atom is 0.128 e. The summed E-state index contributed by atoms with van der Waals surface area (Å²) in [7, 11) is 0. The minimum absolute atomic E-state index is 0.263. The number of halogens is 3. The Morgan fingerprint density at radius 2 is 2.15 bits per heavy atom. The highest BCUT2D eigenvalue weighted by molar-refractivity contribution is 6.33. The molecule has 1 N–H and O–H groups in total. The van der Waals surface area contributed by atoms with Crippen LogP contribution >= 0.6 is 23.2 Å². The van der Waals surface area contributed by atoms with E-state index in [2.05, 4.69) is 5.32 Å². The Bertz CT molecular complexity index is 302. The fourth-order valence-electron chi connectivity index (χ4n) is 0.964. The predicted octanol–water partition coefficient (Wildman–Crippen LogP) is 3.44. The first-order chi connectivity index (χ1) is 6.15. The van der Waals surface area contributed by atoms with Crippen molar-refractivity contribution in [2.24, 2.45) is 0 Å². The third-order valence-corrected chi connectivity index (χ3v) is 2.16. The Kier molecular flexibility index (Phi) is 3.82. The Morgan fingerprint density at radius 1 is 1.46 bits per heavy atom. The van der Waals surface area contributed by atoms with Crippen molar-refractivity contribution in [3.63, 3.8) is 0 Å². The van der Waals surface area contributed by atoms with Gasteiger partial charge in [-0.05, 0) is 24.6 Å². The highest BCUT2D eigenvalue weighted by Crippen LogP contribution is 2.24. The van der Waals surface area contributed by atoms with Crippen LogP contribution in [-0.4, -0.2) is 12.4 Å². The SMILES string of the molecule is Cc1cc(Cl)c(NCCCl)cc1F. The summed E-state index contributed by atoms with van der Waals surface area (Å²) in [4.78, 5) is 0. The Morgan fingerprint density at radius 3 is 2.77 bits per heavy atom. The molecule has 0 radical (unpaired) electrons. The van der Waals surface area contributed by atoms with Crippen molar-refractivity contribution >= 4 is 28.9 Å². The third-order valence-electron chi connectivity index (χ3n) is 1.66. The standard InChI is InChI=1S/C9H10Cl2FN/c1-6-4-7(11)9(5-8(6)12)13-3-2-10/h4-5,13H,2-3H2,1H3. The second kappa shape index (κ2) is 4.68. The van der Waals surface area contributed by atoms with Gasteiger partial charge < -0.3 is 5.32 Å². The van der Waals surface area contributed by atoms with Gasteiger partial charge in [-0.15, -0.1) is 11.6 Å². The van der Waals surface area contributed by atoms with Crippen molar-refractivity contribution in [1.82, 2.24) is 0 Å². The zero-order valence-corrected chi connectivity index (χ0v) is 8.71. The molecule has 0 aliphatic heterocycles. The first-order valence-electron chi connectivity index (χ1n) is 3.90. The highest BCUT2D eigenvalue weighted by atomic mass is 35.5. The van der Waals surface area contributed by atoms with Crippen LogP contribution in [0.1, 0.15) is 5.56 Å². The van der Waals surface area contributed by atoms with Crippen molar-refractivity contribution in [2.75, 3.05) is 17.7 Å². The van der Waals surface area contributed by atoms with Crippen LogP contribution in [0.3, 0.4) is 0 Å². The van der Waals surface area contributed by atoms with Gasteiger partial charge >= 0.3 is 0 Å². The summed E-state index contributed by atoms with van der Waals surface area (Å²) < 4.78 is 13.1. The Hall–Kier alpha value is -0.470. The van der Waals surface area contributed by atoms with Crippen molar-refractivity contribution in [3.05, 3.63) is 28.5 Å². The topological polar surface area (TPSA) is 12.0 Å². The largest absolute Gasteiger partial charge is 0.383 e. The summed E-state index contributed by atoms with van der Waals surface area (Å²) >= 11 is 11.3. The van der Waals surface area contributed by atoms with E-state index in [-0.39, 0.29) is 5.82 Å². The molecule has 0 saturated heterocycles. The van der Waals surface area contributed by atoms with Crippen LogP contribution in [0.25, 0.3) is 0 Å². The molecule has 0 saturated carbocycles. The molecule has 0 amide bonds. The molecule has 1 nitrogen and oxygen atoms in total. The molecule has 1 aromatic rings. The van der Waals surface area contributed by atoms with E-state index in [1.807, 2.05) is 0 Å². The van der Waals surface area contributed by atoms with Gasteiger partial charge in [-0.1, -0.05) is 11.6 Å². The van der Waals surface area contributed by atoms with E-state index in [4.69, 9.17) is 23.2 Å². The molecule has 72 valence electrons. The molecule has 0 heterocycles. The minimum Gasteiger partial charge on any atom is -0.383 e. The summed E-state index contributed by atoms with van der Waals surface area (Å²) in [6.07, 6.45) is 0. The molecular formula is C9H10Cl2FN. The second-order valence-electron chi connectivity index (χ2n) is 2.70. The van der Waals surface area contributed by atoms with Crippen molar-refractivity contribution in [2.45, 2.75) is 6.92 Å². The van der Waals surface area contributed by atoms with Crippen LogP contribution in [0.5, 0.6) is 0 Å². The molecule has 0 aliphatic carbocycles. The first kappa shape index (κ1) is 10.6. The molecule has 0 atom stereocenters. The molecule has 0 spiro atoms. The van der Waals surface area contributed by atoms with Gasteiger partial charge in [-0.25, -0.2) is 4.39 Å². The molecule has 4 heteroatoms. The lowest BCUT2D eigenvalue weighted by Crippen LogP contribution is -2.03. The minimum atomic E-state index is -0.263. The normalized spacial score (nSPS) is 10.2. The monoisotopic (exact) mass is 221 g/mol. The van der Waals surface area contributed by atoms with Gasteiger partial charge in [-0.3, -0.25) is 0 Å². The summed E-state index contributed by atoms with van der Waals surface area (Å²) in [6, 6.07) is 2.97. The van der Waals surface area contributed by atoms with Crippen LogP contribution in [-0.2, 0) is 0 Å². The molecule has 0 aromatic heterocycles. The molecule has 0 fully saturated rings. The lowest BCUT2D eigenvalue weighted by atomic mass is 10.2. The van der Waals surface area contributed by atoms with Crippen molar-refractivity contribution < 1.29 is 4.39 Å². The number of rotatable bonds is 3. The van der Waals surface area contributed by atoms with Crippen LogP contribution in [0, 0.1) is 12.7 Å². The van der Waals surface area contributed by atoms with Gasteiger partial charge in [0.05, 0.1) is 10.7 Å². The Labute approximate surface area is 86.8 Å². The van der Waals surface area contributed by atoms with Crippen molar-refractivity contribution in [1.29, 1.82) is 0 Å². The number of hydrogen-bond donors (Lipinski definition) is 1. The van der Waals surface area contributed by atoms with Crippen LogP contribution in [0.2, 0.25) is 5.02 Å². The summed E-state index contributed by atoms with van der Waals surface area (Å²) in [5.41, 5.74) is 1.13. The lowest BCUT2D eigenvalue weighted by Gasteiger charge is -2.07. The molecule has 1 rings (SSSR count). The number of benzene rings is 1. The van der Waals surface area contributed by atoms with Gasteiger partial charge in [0.25, 0.3) is 0 Å². The number of alkyl halides is 1. The van der Waals surface area contributed by atoms with Crippen LogP contribution in [0.15, 0.2) is 12.1 Å². The maximum absolute atomic E-state index is 13.1. The quantitative estimate of drug-likeness (QED) is 0.772. The first-order valence-corrected chi connectivity index (χ1v) is 4.82. The van der Waals surface area contributed by atoms with Gasteiger partial charge in [0.2, 0.25) is 0 Å². The summed E-state index contributed by atoms with van der Waals surface area (Å²) in [5, 5.41) is 3.44. The van der Waals surface area contributed by atoms with E-state index in [1.165, 1.54) is 6.07 Å². The molecule has 0 bridgehead atoms.